The first-order valence-electron chi connectivity index (χ1n) is 7.17. The molecule has 0 amide bonds. The van der Waals surface area contributed by atoms with Crippen molar-refractivity contribution < 1.29 is 22.6 Å². The number of hydrogen-bond acceptors (Lipinski definition) is 4. The maximum absolute atomic E-state index is 13.8. The molecule has 0 aromatic heterocycles. The monoisotopic (exact) mass is 336 g/mol. The predicted molar refractivity (Wildman–Crippen MR) is 82.7 cm³/mol. The fraction of sp³-hybridized carbons (Fsp3) is 0.235. The van der Waals surface area contributed by atoms with Crippen molar-refractivity contribution in [3.05, 3.63) is 53.3 Å². The lowest BCUT2D eigenvalue weighted by Gasteiger charge is -2.13. The molecule has 2 rings (SSSR count). The van der Waals surface area contributed by atoms with Gasteiger partial charge in [0.05, 0.1) is 23.9 Å². The Balaban J connectivity index is 2.12. The molecule has 0 saturated heterocycles. The molecule has 0 aliphatic carbocycles. The highest BCUT2D eigenvalue weighted by Crippen LogP contribution is 2.30. The summed E-state index contributed by atoms with van der Waals surface area (Å²) < 4.78 is 48.2. The minimum Gasteiger partial charge on any atom is -0.490 e. The first-order chi connectivity index (χ1) is 11.5. The number of ether oxygens (including phenoxy) is 2. The van der Waals surface area contributed by atoms with Crippen molar-refractivity contribution >= 4 is 5.69 Å². The lowest BCUT2D eigenvalue weighted by molar-refractivity contribution is -0.0514. The second-order valence-electron chi connectivity index (χ2n) is 4.75. The molecule has 24 heavy (non-hydrogen) atoms. The molecule has 0 radical (unpaired) electrons. The van der Waals surface area contributed by atoms with E-state index in [0.717, 1.165) is 6.07 Å². The van der Waals surface area contributed by atoms with Gasteiger partial charge in [-0.05, 0) is 42.8 Å². The third-order valence-electron chi connectivity index (χ3n) is 3.11. The van der Waals surface area contributed by atoms with Crippen LogP contribution in [0.1, 0.15) is 18.1 Å². The molecule has 2 aromatic carbocycles. The maximum atomic E-state index is 13.8. The van der Waals surface area contributed by atoms with Crippen LogP contribution in [0.25, 0.3) is 0 Å². The molecule has 0 unspecified atom stereocenters. The fourth-order valence-corrected chi connectivity index (χ4v) is 2.05. The molecule has 0 fully saturated rings. The highest BCUT2D eigenvalue weighted by Gasteiger charge is 2.12. The molecular formula is C17H15F3N2O2. The first kappa shape index (κ1) is 17.5. The summed E-state index contributed by atoms with van der Waals surface area (Å²) in [5.41, 5.74) is 1.16. The molecule has 4 nitrogen and oxygen atoms in total. The molecular weight excluding hydrogens is 321 g/mol. The summed E-state index contributed by atoms with van der Waals surface area (Å²) in [6, 6.07) is 10.5. The average Bonchev–Trinajstić information content (AvgIpc) is 2.55. The Morgan fingerprint density at radius 1 is 1.17 bits per heavy atom. The topological polar surface area (TPSA) is 54.3 Å². The minimum atomic E-state index is -2.94. The lowest BCUT2D eigenvalue weighted by Crippen LogP contribution is -2.06. The van der Waals surface area contributed by atoms with Gasteiger partial charge < -0.3 is 14.8 Å². The molecule has 1 N–H and O–H groups in total. The Bertz CT molecular complexity index is 745. The van der Waals surface area contributed by atoms with Gasteiger partial charge in [-0.15, -0.1) is 0 Å². The third kappa shape index (κ3) is 4.56. The zero-order valence-electron chi connectivity index (χ0n) is 12.9. The summed E-state index contributed by atoms with van der Waals surface area (Å²) >= 11 is 0. The Morgan fingerprint density at radius 2 is 1.96 bits per heavy atom. The van der Waals surface area contributed by atoms with Crippen LogP contribution in [0, 0.1) is 17.1 Å². The van der Waals surface area contributed by atoms with Gasteiger partial charge in [0.25, 0.3) is 0 Å². The van der Waals surface area contributed by atoms with E-state index >= 15 is 0 Å². The van der Waals surface area contributed by atoms with Crippen molar-refractivity contribution in [1.29, 1.82) is 5.26 Å². The highest BCUT2D eigenvalue weighted by molar-refractivity contribution is 5.50. The Morgan fingerprint density at radius 3 is 2.58 bits per heavy atom. The summed E-state index contributed by atoms with van der Waals surface area (Å²) in [4.78, 5) is 0. The maximum Gasteiger partial charge on any atom is 0.387 e. The van der Waals surface area contributed by atoms with Crippen molar-refractivity contribution in [3.63, 3.8) is 0 Å². The van der Waals surface area contributed by atoms with Crippen LogP contribution in [-0.2, 0) is 6.54 Å². The number of nitrogens with zero attached hydrogens (tertiary/aromatic N) is 1. The second-order valence-corrected chi connectivity index (χ2v) is 4.75. The van der Waals surface area contributed by atoms with E-state index in [2.05, 4.69) is 10.1 Å². The van der Waals surface area contributed by atoms with Crippen LogP contribution >= 0.6 is 0 Å². The van der Waals surface area contributed by atoms with Crippen molar-refractivity contribution in [3.8, 4) is 17.6 Å². The number of hydrogen-bond donors (Lipinski definition) is 1. The van der Waals surface area contributed by atoms with Crippen LogP contribution in [0.4, 0.5) is 18.9 Å². The zero-order valence-corrected chi connectivity index (χ0v) is 12.9. The number of anilines is 1. The van der Waals surface area contributed by atoms with E-state index in [1.165, 1.54) is 18.2 Å². The number of nitriles is 1. The molecule has 0 heterocycles. The number of nitrogens with one attached hydrogen (secondary N) is 1. The van der Waals surface area contributed by atoms with Gasteiger partial charge in [-0.1, -0.05) is 6.07 Å². The zero-order chi connectivity index (χ0) is 17.5. The van der Waals surface area contributed by atoms with Crippen molar-refractivity contribution in [2.24, 2.45) is 0 Å². The quantitative estimate of drug-likeness (QED) is 0.818. The largest absolute Gasteiger partial charge is 0.490 e. The molecule has 0 atom stereocenters. The lowest BCUT2D eigenvalue weighted by atomic mass is 10.1. The van der Waals surface area contributed by atoms with E-state index < -0.39 is 12.4 Å². The normalized spacial score (nSPS) is 10.3. The number of alkyl halides is 2. The number of rotatable bonds is 7. The van der Waals surface area contributed by atoms with Crippen LogP contribution in [0.3, 0.4) is 0 Å². The van der Waals surface area contributed by atoms with Crippen molar-refractivity contribution in [2.75, 3.05) is 11.9 Å². The van der Waals surface area contributed by atoms with Crippen LogP contribution < -0.4 is 14.8 Å². The molecule has 0 bridgehead atoms. The Kier molecular flexibility index (Phi) is 5.90. The van der Waals surface area contributed by atoms with Crippen molar-refractivity contribution in [2.45, 2.75) is 20.1 Å². The van der Waals surface area contributed by atoms with Gasteiger partial charge in [0.2, 0.25) is 0 Å². The molecule has 0 spiro atoms. The molecule has 0 aliphatic rings. The number of benzene rings is 2. The van der Waals surface area contributed by atoms with Crippen LogP contribution in [0.5, 0.6) is 11.5 Å². The highest BCUT2D eigenvalue weighted by atomic mass is 19.3. The van der Waals surface area contributed by atoms with Crippen LogP contribution in [-0.4, -0.2) is 13.2 Å². The SMILES string of the molecule is CCOc1cc(CNc2ccc(C#N)cc2F)ccc1OC(F)F. The van der Waals surface area contributed by atoms with Crippen molar-refractivity contribution in [1.82, 2.24) is 0 Å². The summed E-state index contributed by atoms with van der Waals surface area (Å²) in [5.74, 6) is -0.408. The van der Waals surface area contributed by atoms with E-state index in [4.69, 9.17) is 10.00 Å². The van der Waals surface area contributed by atoms with Gasteiger partial charge >= 0.3 is 6.61 Å². The van der Waals surface area contributed by atoms with Gasteiger partial charge in [0, 0.05) is 6.54 Å². The predicted octanol–water partition coefficient (Wildman–Crippen LogP) is 4.31. The minimum absolute atomic E-state index is 0.0554. The Labute approximate surface area is 137 Å². The third-order valence-corrected chi connectivity index (χ3v) is 3.11. The average molecular weight is 336 g/mol. The molecule has 0 aliphatic heterocycles. The summed E-state index contributed by atoms with van der Waals surface area (Å²) in [5, 5.41) is 11.6. The summed E-state index contributed by atoms with van der Waals surface area (Å²) in [7, 11) is 0. The molecule has 2 aromatic rings. The summed E-state index contributed by atoms with van der Waals surface area (Å²) in [6.45, 7) is -0.678. The fourth-order valence-electron chi connectivity index (χ4n) is 2.05. The van der Waals surface area contributed by atoms with E-state index in [1.807, 2.05) is 6.07 Å². The van der Waals surface area contributed by atoms with E-state index in [1.54, 1.807) is 19.1 Å². The van der Waals surface area contributed by atoms with Crippen LogP contribution in [0.15, 0.2) is 36.4 Å². The summed E-state index contributed by atoms with van der Waals surface area (Å²) in [6.07, 6.45) is 0. The Hall–Kier alpha value is -2.88. The molecule has 0 saturated carbocycles. The van der Waals surface area contributed by atoms with Gasteiger partial charge in [0.15, 0.2) is 11.5 Å². The smallest absolute Gasteiger partial charge is 0.387 e. The van der Waals surface area contributed by atoms with Crippen LogP contribution in [0.2, 0.25) is 0 Å². The standard InChI is InChI=1S/C17H15F3N2O2/c1-2-23-16-8-12(4-6-15(16)24-17(19)20)10-22-14-5-3-11(9-21)7-13(14)18/h3-8,17,22H,2,10H2,1H3. The van der Waals surface area contributed by atoms with Gasteiger partial charge in [-0.3, -0.25) is 0 Å². The molecule has 7 heteroatoms. The first-order valence-corrected chi connectivity index (χ1v) is 7.17. The van der Waals surface area contributed by atoms with Gasteiger partial charge in [0.1, 0.15) is 5.82 Å². The van der Waals surface area contributed by atoms with E-state index in [-0.39, 0.29) is 29.3 Å². The van der Waals surface area contributed by atoms with E-state index in [9.17, 15) is 13.2 Å². The van der Waals surface area contributed by atoms with Gasteiger partial charge in [-0.2, -0.15) is 14.0 Å². The second kappa shape index (κ2) is 8.11. The molecule has 126 valence electrons. The van der Waals surface area contributed by atoms with Gasteiger partial charge in [-0.25, -0.2) is 4.39 Å². The van der Waals surface area contributed by atoms with E-state index in [0.29, 0.717) is 12.2 Å². The number of halogens is 3.